The van der Waals surface area contributed by atoms with Gasteiger partial charge in [-0.25, -0.2) is 0 Å². The van der Waals surface area contributed by atoms with Crippen LogP contribution in [0.25, 0.3) is 0 Å². The molecule has 0 radical (unpaired) electrons. The van der Waals surface area contributed by atoms with Crippen molar-refractivity contribution in [2.75, 3.05) is 14.2 Å². The Bertz CT molecular complexity index is 342. The molecule has 1 fully saturated rings. The van der Waals surface area contributed by atoms with Gasteiger partial charge in [-0.1, -0.05) is 6.07 Å². The van der Waals surface area contributed by atoms with Gasteiger partial charge in [0.1, 0.15) is 0 Å². The van der Waals surface area contributed by atoms with Crippen LogP contribution in [0.4, 0.5) is 0 Å². The van der Waals surface area contributed by atoms with Gasteiger partial charge in [0, 0.05) is 0 Å². The largest absolute Gasteiger partial charge is 0.493 e. The summed E-state index contributed by atoms with van der Waals surface area (Å²) in [5.41, 5.74) is 0.301. The molecule has 0 spiro atoms. The standard InChI is InChI=1S/C11H14O3/c1-13-9-4-3-8(7-10(9)14-2)11(12)5-6-11/h3-4,7,12H,5-6H2,1-2H3. The van der Waals surface area contributed by atoms with Crippen molar-refractivity contribution in [2.45, 2.75) is 18.4 Å². The summed E-state index contributed by atoms with van der Waals surface area (Å²) in [5.74, 6) is 1.37. The minimum atomic E-state index is -0.612. The summed E-state index contributed by atoms with van der Waals surface area (Å²) in [7, 11) is 3.20. The van der Waals surface area contributed by atoms with Crippen LogP contribution in [0, 0.1) is 0 Å². The van der Waals surface area contributed by atoms with Gasteiger partial charge >= 0.3 is 0 Å². The predicted molar refractivity (Wildman–Crippen MR) is 52.7 cm³/mol. The van der Waals surface area contributed by atoms with E-state index in [0.29, 0.717) is 11.5 Å². The third kappa shape index (κ3) is 1.44. The summed E-state index contributed by atoms with van der Waals surface area (Å²) in [6.45, 7) is 0. The normalized spacial score (nSPS) is 17.6. The van der Waals surface area contributed by atoms with Crippen molar-refractivity contribution < 1.29 is 14.6 Å². The van der Waals surface area contributed by atoms with E-state index < -0.39 is 5.60 Å². The van der Waals surface area contributed by atoms with Crippen LogP contribution < -0.4 is 9.47 Å². The number of hydrogen-bond acceptors (Lipinski definition) is 3. The van der Waals surface area contributed by atoms with Gasteiger partial charge in [0.25, 0.3) is 0 Å². The molecule has 1 aromatic carbocycles. The first kappa shape index (κ1) is 9.34. The van der Waals surface area contributed by atoms with Crippen molar-refractivity contribution in [2.24, 2.45) is 0 Å². The van der Waals surface area contributed by atoms with E-state index in [1.807, 2.05) is 18.2 Å². The molecular formula is C11H14O3. The minimum Gasteiger partial charge on any atom is -0.493 e. The number of methoxy groups -OCH3 is 2. The molecule has 0 saturated heterocycles. The second-order valence-corrected chi connectivity index (χ2v) is 3.60. The van der Waals surface area contributed by atoms with Gasteiger partial charge in [-0.15, -0.1) is 0 Å². The molecule has 0 amide bonds. The molecular weight excluding hydrogens is 180 g/mol. The Labute approximate surface area is 83.3 Å². The SMILES string of the molecule is COc1ccc(C2(O)CC2)cc1OC. The average Bonchev–Trinajstić information content (AvgIpc) is 2.97. The maximum Gasteiger partial charge on any atom is 0.161 e. The van der Waals surface area contributed by atoms with Gasteiger partial charge in [0.05, 0.1) is 19.8 Å². The second-order valence-electron chi connectivity index (χ2n) is 3.60. The van der Waals surface area contributed by atoms with Gasteiger partial charge in [0.15, 0.2) is 11.5 Å². The van der Waals surface area contributed by atoms with E-state index in [1.165, 1.54) is 0 Å². The molecule has 2 rings (SSSR count). The molecule has 0 atom stereocenters. The summed E-state index contributed by atoms with van der Waals surface area (Å²) in [5, 5.41) is 9.89. The lowest BCUT2D eigenvalue weighted by atomic mass is 10.1. The van der Waals surface area contributed by atoms with Crippen LogP contribution in [-0.4, -0.2) is 19.3 Å². The number of hydrogen-bond donors (Lipinski definition) is 1. The molecule has 1 aliphatic carbocycles. The van der Waals surface area contributed by atoms with Crippen molar-refractivity contribution in [1.29, 1.82) is 0 Å². The molecule has 0 heterocycles. The molecule has 1 saturated carbocycles. The summed E-state index contributed by atoms with van der Waals surface area (Å²) in [4.78, 5) is 0. The van der Waals surface area contributed by atoms with E-state index in [1.54, 1.807) is 14.2 Å². The van der Waals surface area contributed by atoms with E-state index in [-0.39, 0.29) is 0 Å². The van der Waals surface area contributed by atoms with Crippen LogP contribution in [0.1, 0.15) is 18.4 Å². The Balaban J connectivity index is 2.36. The molecule has 76 valence electrons. The lowest BCUT2D eigenvalue weighted by molar-refractivity contribution is 0.151. The summed E-state index contributed by atoms with van der Waals surface area (Å²) in [6.07, 6.45) is 1.67. The van der Waals surface area contributed by atoms with Crippen LogP contribution >= 0.6 is 0 Å². The van der Waals surface area contributed by atoms with Gasteiger partial charge in [-0.2, -0.15) is 0 Å². The highest BCUT2D eigenvalue weighted by atomic mass is 16.5. The fourth-order valence-electron chi connectivity index (χ4n) is 1.53. The maximum absolute atomic E-state index is 9.89. The molecule has 0 aliphatic heterocycles. The third-order valence-electron chi connectivity index (χ3n) is 2.64. The second kappa shape index (κ2) is 3.17. The Kier molecular flexibility index (Phi) is 2.11. The highest BCUT2D eigenvalue weighted by Gasteiger charge is 2.42. The van der Waals surface area contributed by atoms with Crippen molar-refractivity contribution in [3.05, 3.63) is 23.8 Å². The van der Waals surface area contributed by atoms with E-state index in [4.69, 9.17) is 9.47 Å². The highest BCUT2D eigenvalue weighted by Crippen LogP contribution is 2.47. The molecule has 3 nitrogen and oxygen atoms in total. The van der Waals surface area contributed by atoms with Gasteiger partial charge in [0.2, 0.25) is 0 Å². The van der Waals surface area contributed by atoms with Crippen LogP contribution in [0.2, 0.25) is 0 Å². The molecule has 1 N–H and O–H groups in total. The molecule has 0 bridgehead atoms. The minimum absolute atomic E-state index is 0.612. The van der Waals surface area contributed by atoms with Crippen LogP contribution in [0.15, 0.2) is 18.2 Å². The molecule has 0 unspecified atom stereocenters. The van der Waals surface area contributed by atoms with Crippen molar-refractivity contribution in [3.8, 4) is 11.5 Å². The first-order valence-corrected chi connectivity index (χ1v) is 4.64. The Morgan fingerprint density at radius 1 is 1.14 bits per heavy atom. The monoisotopic (exact) mass is 194 g/mol. The lowest BCUT2D eigenvalue weighted by Crippen LogP contribution is -2.04. The molecule has 0 aromatic heterocycles. The van der Waals surface area contributed by atoms with Crippen molar-refractivity contribution >= 4 is 0 Å². The van der Waals surface area contributed by atoms with Gasteiger partial charge in [-0.05, 0) is 30.5 Å². The van der Waals surface area contributed by atoms with E-state index in [0.717, 1.165) is 18.4 Å². The average molecular weight is 194 g/mol. The van der Waals surface area contributed by atoms with Crippen molar-refractivity contribution in [3.63, 3.8) is 0 Å². The zero-order valence-electron chi connectivity index (χ0n) is 8.41. The summed E-state index contributed by atoms with van der Waals surface area (Å²) >= 11 is 0. The maximum atomic E-state index is 9.89. The molecule has 3 heteroatoms. The van der Waals surface area contributed by atoms with Crippen LogP contribution in [0.3, 0.4) is 0 Å². The smallest absolute Gasteiger partial charge is 0.161 e. The van der Waals surface area contributed by atoms with E-state index >= 15 is 0 Å². The number of aliphatic hydroxyl groups is 1. The number of rotatable bonds is 3. The first-order valence-electron chi connectivity index (χ1n) is 4.64. The quantitative estimate of drug-likeness (QED) is 0.795. The first-order chi connectivity index (χ1) is 6.69. The van der Waals surface area contributed by atoms with Crippen molar-refractivity contribution in [1.82, 2.24) is 0 Å². The Morgan fingerprint density at radius 2 is 1.79 bits per heavy atom. The fraction of sp³-hybridized carbons (Fsp3) is 0.455. The van der Waals surface area contributed by atoms with Gasteiger partial charge < -0.3 is 14.6 Å². The number of ether oxygens (including phenoxy) is 2. The van der Waals surface area contributed by atoms with Crippen LogP contribution in [0.5, 0.6) is 11.5 Å². The van der Waals surface area contributed by atoms with E-state index in [2.05, 4.69) is 0 Å². The lowest BCUT2D eigenvalue weighted by Gasteiger charge is -2.12. The summed E-state index contributed by atoms with van der Waals surface area (Å²) in [6, 6.07) is 5.55. The topological polar surface area (TPSA) is 38.7 Å². The van der Waals surface area contributed by atoms with Crippen LogP contribution in [-0.2, 0) is 5.60 Å². The fourth-order valence-corrected chi connectivity index (χ4v) is 1.53. The number of benzene rings is 1. The Morgan fingerprint density at radius 3 is 2.29 bits per heavy atom. The molecule has 14 heavy (non-hydrogen) atoms. The summed E-state index contributed by atoms with van der Waals surface area (Å²) < 4.78 is 10.3. The highest BCUT2D eigenvalue weighted by molar-refractivity contribution is 5.45. The predicted octanol–water partition coefficient (Wildman–Crippen LogP) is 1.69. The Hall–Kier alpha value is -1.22. The molecule has 1 aromatic rings. The van der Waals surface area contributed by atoms with E-state index in [9.17, 15) is 5.11 Å². The zero-order chi connectivity index (χ0) is 10.2. The zero-order valence-corrected chi connectivity index (χ0v) is 8.41. The molecule has 1 aliphatic rings. The van der Waals surface area contributed by atoms with Gasteiger partial charge in [-0.3, -0.25) is 0 Å². The third-order valence-corrected chi connectivity index (χ3v) is 2.64.